The topological polar surface area (TPSA) is 49.4 Å². The fourth-order valence-electron chi connectivity index (χ4n) is 3.34. The lowest BCUT2D eigenvalue weighted by Crippen LogP contribution is -2.34. The lowest BCUT2D eigenvalue weighted by molar-refractivity contribution is 0.152. The normalized spacial score (nSPS) is 19.2. The van der Waals surface area contributed by atoms with Crippen LogP contribution in [0.15, 0.2) is 24.3 Å². The number of sulfonamides is 1. The molecule has 1 saturated heterocycles. The highest BCUT2D eigenvalue weighted by Crippen LogP contribution is 2.25. The lowest BCUT2D eigenvalue weighted by Gasteiger charge is -2.33. The fraction of sp³-hybridized carbons (Fsp3) is 0.667. The van der Waals surface area contributed by atoms with Crippen molar-refractivity contribution in [2.75, 3.05) is 19.3 Å². The third-order valence-corrected chi connectivity index (χ3v) is 5.63. The first-order valence-electron chi connectivity index (χ1n) is 8.53. The summed E-state index contributed by atoms with van der Waals surface area (Å²) >= 11 is 0. The summed E-state index contributed by atoms with van der Waals surface area (Å²) < 4.78 is 25.2. The molecule has 0 aliphatic carbocycles. The Balaban J connectivity index is 1.88. The van der Waals surface area contributed by atoms with Crippen LogP contribution in [0.2, 0.25) is 0 Å². The first kappa shape index (κ1) is 18.4. The van der Waals surface area contributed by atoms with Crippen LogP contribution in [0.1, 0.15) is 50.8 Å². The van der Waals surface area contributed by atoms with Crippen LogP contribution >= 0.6 is 0 Å². The molecule has 5 heteroatoms. The highest BCUT2D eigenvalue weighted by molar-refractivity contribution is 7.88. The van der Waals surface area contributed by atoms with E-state index in [0.717, 1.165) is 23.9 Å². The van der Waals surface area contributed by atoms with Crippen molar-refractivity contribution in [2.45, 2.75) is 46.2 Å². The van der Waals surface area contributed by atoms with Crippen LogP contribution in [-0.2, 0) is 16.6 Å². The van der Waals surface area contributed by atoms with Gasteiger partial charge in [-0.25, -0.2) is 13.1 Å². The molecule has 0 saturated carbocycles. The second-order valence-electron chi connectivity index (χ2n) is 7.21. The number of rotatable bonds is 6. The van der Waals surface area contributed by atoms with Crippen LogP contribution in [0, 0.1) is 11.8 Å². The van der Waals surface area contributed by atoms with Crippen LogP contribution in [-0.4, -0.2) is 32.7 Å². The van der Waals surface area contributed by atoms with E-state index in [4.69, 9.17) is 0 Å². The Morgan fingerprint density at radius 3 is 2.17 bits per heavy atom. The molecule has 23 heavy (non-hydrogen) atoms. The summed E-state index contributed by atoms with van der Waals surface area (Å²) in [7, 11) is -3.17. The van der Waals surface area contributed by atoms with Crippen molar-refractivity contribution in [1.29, 1.82) is 0 Å². The van der Waals surface area contributed by atoms with Crippen molar-refractivity contribution in [3.05, 3.63) is 35.4 Å². The van der Waals surface area contributed by atoms with Crippen molar-refractivity contribution < 1.29 is 8.42 Å². The zero-order valence-corrected chi connectivity index (χ0v) is 15.6. The molecule has 0 spiro atoms. The first-order chi connectivity index (χ1) is 10.7. The van der Waals surface area contributed by atoms with Crippen molar-refractivity contribution in [1.82, 2.24) is 9.62 Å². The van der Waals surface area contributed by atoms with Gasteiger partial charge in [0, 0.05) is 12.6 Å². The Labute approximate surface area is 141 Å². The monoisotopic (exact) mass is 338 g/mol. The van der Waals surface area contributed by atoms with Crippen LogP contribution in [0.4, 0.5) is 0 Å². The number of nitrogens with zero attached hydrogens (tertiary/aromatic N) is 1. The predicted octanol–water partition coefficient (Wildman–Crippen LogP) is 3.16. The largest absolute Gasteiger partial charge is 0.299 e. The smallest absolute Gasteiger partial charge is 0.209 e. The van der Waals surface area contributed by atoms with Gasteiger partial charge in [0.15, 0.2) is 0 Å². The molecule has 1 fully saturated rings. The molecule has 0 aromatic heterocycles. The van der Waals surface area contributed by atoms with Gasteiger partial charge >= 0.3 is 0 Å². The van der Waals surface area contributed by atoms with E-state index in [9.17, 15) is 8.42 Å². The van der Waals surface area contributed by atoms with Gasteiger partial charge in [-0.3, -0.25) is 4.90 Å². The molecule has 1 aromatic carbocycles. The predicted molar refractivity (Wildman–Crippen MR) is 95.7 cm³/mol. The Kier molecular flexibility index (Phi) is 6.23. The Morgan fingerprint density at radius 2 is 1.70 bits per heavy atom. The van der Waals surface area contributed by atoms with E-state index in [2.05, 4.69) is 35.6 Å². The number of piperidine rings is 1. The molecule has 4 nitrogen and oxygen atoms in total. The summed E-state index contributed by atoms with van der Waals surface area (Å²) in [6.45, 7) is 9.86. The van der Waals surface area contributed by atoms with Crippen LogP contribution < -0.4 is 4.72 Å². The number of hydrogen-bond donors (Lipinski definition) is 1. The van der Waals surface area contributed by atoms with Gasteiger partial charge in [-0.05, 0) is 55.8 Å². The van der Waals surface area contributed by atoms with E-state index in [1.165, 1.54) is 37.8 Å². The molecule has 2 rings (SSSR count). The Morgan fingerprint density at radius 1 is 1.13 bits per heavy atom. The summed E-state index contributed by atoms with van der Waals surface area (Å²) in [5.41, 5.74) is 2.29. The van der Waals surface area contributed by atoms with Crippen molar-refractivity contribution in [2.24, 2.45) is 11.8 Å². The van der Waals surface area contributed by atoms with E-state index in [-0.39, 0.29) is 6.04 Å². The summed E-state index contributed by atoms with van der Waals surface area (Å²) in [6, 6.07) is 8.09. The quantitative estimate of drug-likeness (QED) is 0.867. The molecule has 1 N–H and O–H groups in total. The van der Waals surface area contributed by atoms with Gasteiger partial charge in [0.1, 0.15) is 0 Å². The molecule has 0 unspecified atom stereocenters. The molecule has 130 valence electrons. The van der Waals surface area contributed by atoms with E-state index in [1.807, 2.05) is 19.1 Å². The maximum absolute atomic E-state index is 11.3. The number of benzene rings is 1. The molecule has 1 aliphatic heterocycles. The SMILES string of the molecule is CC(C)C1CCN(Cc2ccc([C@@H](C)NS(C)(=O)=O)cc2)CC1. The van der Waals surface area contributed by atoms with E-state index >= 15 is 0 Å². The minimum atomic E-state index is -3.17. The summed E-state index contributed by atoms with van der Waals surface area (Å²) in [5.74, 6) is 1.66. The lowest BCUT2D eigenvalue weighted by atomic mass is 9.86. The molecular formula is C18H30N2O2S. The molecule has 1 heterocycles. The molecule has 0 amide bonds. The Hall–Kier alpha value is -0.910. The highest BCUT2D eigenvalue weighted by atomic mass is 32.2. The van der Waals surface area contributed by atoms with Crippen molar-refractivity contribution >= 4 is 10.0 Å². The average molecular weight is 339 g/mol. The third kappa shape index (κ3) is 5.90. The zero-order valence-electron chi connectivity index (χ0n) is 14.7. The molecule has 1 aliphatic rings. The van der Waals surface area contributed by atoms with Gasteiger partial charge in [-0.2, -0.15) is 0 Å². The minimum Gasteiger partial charge on any atom is -0.299 e. The maximum Gasteiger partial charge on any atom is 0.209 e. The van der Waals surface area contributed by atoms with Crippen molar-refractivity contribution in [3.8, 4) is 0 Å². The standard InChI is InChI=1S/C18H30N2O2S/c1-14(2)17-9-11-20(12-10-17)13-16-5-7-18(8-6-16)15(3)19-23(4,21)22/h5-8,14-15,17,19H,9-13H2,1-4H3/t15-/m1/s1. The molecular weight excluding hydrogens is 308 g/mol. The zero-order chi connectivity index (χ0) is 17.0. The van der Waals surface area contributed by atoms with E-state index in [1.54, 1.807) is 0 Å². The molecule has 1 aromatic rings. The van der Waals surface area contributed by atoms with Gasteiger partial charge in [0.25, 0.3) is 0 Å². The molecule has 0 bridgehead atoms. The average Bonchev–Trinajstić information content (AvgIpc) is 2.46. The van der Waals surface area contributed by atoms with Gasteiger partial charge in [0.2, 0.25) is 10.0 Å². The second-order valence-corrected chi connectivity index (χ2v) is 8.99. The summed E-state index contributed by atoms with van der Waals surface area (Å²) in [5, 5.41) is 0. The fourth-order valence-corrected chi connectivity index (χ4v) is 4.12. The van der Waals surface area contributed by atoms with Crippen LogP contribution in [0.5, 0.6) is 0 Å². The number of nitrogens with one attached hydrogen (secondary N) is 1. The second kappa shape index (κ2) is 7.77. The van der Waals surface area contributed by atoms with Gasteiger partial charge in [-0.15, -0.1) is 0 Å². The van der Waals surface area contributed by atoms with E-state index in [0.29, 0.717) is 0 Å². The van der Waals surface area contributed by atoms with Gasteiger partial charge in [0.05, 0.1) is 6.26 Å². The van der Waals surface area contributed by atoms with Crippen LogP contribution in [0.25, 0.3) is 0 Å². The molecule has 1 atom stereocenters. The Bertz CT molecular complexity index is 588. The summed E-state index contributed by atoms with van der Waals surface area (Å²) in [6.07, 6.45) is 3.79. The maximum atomic E-state index is 11.3. The highest BCUT2D eigenvalue weighted by Gasteiger charge is 2.21. The van der Waals surface area contributed by atoms with Crippen LogP contribution in [0.3, 0.4) is 0 Å². The van der Waals surface area contributed by atoms with Crippen molar-refractivity contribution in [3.63, 3.8) is 0 Å². The van der Waals surface area contributed by atoms with Gasteiger partial charge < -0.3 is 0 Å². The minimum absolute atomic E-state index is 0.194. The third-order valence-electron chi connectivity index (χ3n) is 4.85. The summed E-state index contributed by atoms with van der Waals surface area (Å²) in [4.78, 5) is 2.52. The van der Waals surface area contributed by atoms with E-state index < -0.39 is 10.0 Å². The molecule has 0 radical (unpaired) electrons. The number of hydrogen-bond acceptors (Lipinski definition) is 3. The number of likely N-dealkylation sites (tertiary alicyclic amines) is 1. The van der Waals surface area contributed by atoms with Gasteiger partial charge in [-0.1, -0.05) is 38.1 Å². The first-order valence-corrected chi connectivity index (χ1v) is 10.4.